The SMILES string of the molecule is C[Si](C)(C)C#Cc1cc(C(=O)N=S(=O)(CCCCC(=O)O)CCCCC(=O)O)cnc1N. The van der Waals surface area contributed by atoms with Gasteiger partial charge < -0.3 is 15.9 Å². The molecule has 1 aromatic rings. The van der Waals surface area contributed by atoms with E-state index in [2.05, 4.69) is 40.5 Å². The highest BCUT2D eigenvalue weighted by Gasteiger charge is 2.16. The van der Waals surface area contributed by atoms with Crippen LogP contribution in [0.5, 0.6) is 0 Å². The molecule has 1 aromatic heterocycles. The normalized spacial score (nSPS) is 11.3. The number of pyridine rings is 1. The smallest absolute Gasteiger partial charge is 0.303 e. The second kappa shape index (κ2) is 12.4. The fourth-order valence-corrected chi connectivity index (χ4v) is 5.17. The van der Waals surface area contributed by atoms with Crippen LogP contribution in [0.25, 0.3) is 0 Å². The summed E-state index contributed by atoms with van der Waals surface area (Å²) < 4.78 is 17.3. The molecule has 176 valence electrons. The average Bonchev–Trinajstić information content (AvgIpc) is 2.67. The fraction of sp³-hybridized carbons (Fsp3) is 0.524. The van der Waals surface area contributed by atoms with Gasteiger partial charge in [0.25, 0.3) is 5.91 Å². The number of amides is 1. The third-order valence-corrected chi connectivity index (χ3v) is 7.42. The Kier molecular flexibility index (Phi) is 10.5. The number of hydrogen-bond donors (Lipinski definition) is 3. The maximum Gasteiger partial charge on any atom is 0.303 e. The Labute approximate surface area is 190 Å². The van der Waals surface area contributed by atoms with E-state index in [1.165, 1.54) is 12.3 Å². The standard InChI is InChI=1S/C21H31N3O6SSi/c1-32(2,3)13-10-16-14-17(15-23-20(16)22)21(29)24-31(30,11-6-4-8-18(25)26)12-7-5-9-19(27)28/h14-15H,4-9,11-12H2,1-3H3,(H2,22,23)(H,25,26)(H,27,28). The molecule has 0 spiro atoms. The summed E-state index contributed by atoms with van der Waals surface area (Å²) in [7, 11) is -4.67. The lowest BCUT2D eigenvalue weighted by Gasteiger charge is -2.10. The van der Waals surface area contributed by atoms with Crippen LogP contribution >= 0.6 is 0 Å². The molecule has 0 aliphatic heterocycles. The van der Waals surface area contributed by atoms with Gasteiger partial charge in [-0.3, -0.25) is 14.4 Å². The van der Waals surface area contributed by atoms with Gasteiger partial charge in [-0.05, 0) is 31.7 Å². The molecule has 1 heterocycles. The molecule has 0 unspecified atom stereocenters. The van der Waals surface area contributed by atoms with Crippen molar-refractivity contribution in [2.24, 2.45) is 4.36 Å². The Morgan fingerprint density at radius 1 is 1.06 bits per heavy atom. The highest BCUT2D eigenvalue weighted by atomic mass is 32.2. The van der Waals surface area contributed by atoms with Crippen molar-refractivity contribution in [3.05, 3.63) is 23.4 Å². The first-order valence-corrected chi connectivity index (χ1v) is 15.7. The van der Waals surface area contributed by atoms with Crippen LogP contribution in [0, 0.1) is 11.5 Å². The number of anilines is 1. The van der Waals surface area contributed by atoms with Crippen molar-refractivity contribution in [3.63, 3.8) is 0 Å². The van der Waals surface area contributed by atoms with Gasteiger partial charge in [0, 0.05) is 30.5 Å². The molecule has 0 aromatic carbocycles. The number of carboxylic acid groups (broad SMARTS) is 2. The van der Waals surface area contributed by atoms with Gasteiger partial charge in [-0.2, -0.15) is 4.36 Å². The molecule has 11 heteroatoms. The van der Waals surface area contributed by atoms with Crippen molar-refractivity contribution in [1.29, 1.82) is 0 Å². The largest absolute Gasteiger partial charge is 0.481 e. The zero-order valence-corrected chi connectivity index (χ0v) is 20.5. The minimum absolute atomic E-state index is 0.0593. The number of unbranched alkanes of at least 4 members (excludes halogenated alkanes) is 2. The minimum atomic E-state index is -2.99. The number of nitrogens with zero attached hydrogens (tertiary/aromatic N) is 2. The molecule has 0 atom stereocenters. The third-order valence-electron chi connectivity index (χ3n) is 4.19. The Morgan fingerprint density at radius 2 is 1.59 bits per heavy atom. The Balaban J connectivity index is 3.12. The molecule has 9 nitrogen and oxygen atoms in total. The molecule has 0 saturated heterocycles. The molecule has 0 aliphatic rings. The first-order chi connectivity index (χ1) is 14.8. The predicted molar refractivity (Wildman–Crippen MR) is 126 cm³/mol. The van der Waals surface area contributed by atoms with E-state index in [9.17, 15) is 18.6 Å². The summed E-state index contributed by atoms with van der Waals surface area (Å²) in [5.74, 6) is 0.654. The molecule has 0 radical (unpaired) electrons. The summed E-state index contributed by atoms with van der Waals surface area (Å²) in [6, 6.07) is 1.48. The maximum absolute atomic E-state index is 13.3. The minimum Gasteiger partial charge on any atom is -0.481 e. The van der Waals surface area contributed by atoms with Crippen LogP contribution in [0.2, 0.25) is 19.6 Å². The number of rotatable bonds is 11. The van der Waals surface area contributed by atoms with Crippen molar-refractivity contribution in [2.45, 2.75) is 58.2 Å². The van der Waals surface area contributed by atoms with Crippen molar-refractivity contribution >= 4 is 41.5 Å². The van der Waals surface area contributed by atoms with Gasteiger partial charge in [0.15, 0.2) is 0 Å². The van der Waals surface area contributed by atoms with Crippen molar-refractivity contribution in [2.75, 3.05) is 17.2 Å². The van der Waals surface area contributed by atoms with E-state index in [-0.39, 0.29) is 35.7 Å². The number of aliphatic carboxylic acids is 2. The first-order valence-electron chi connectivity index (χ1n) is 10.3. The lowest BCUT2D eigenvalue weighted by atomic mass is 10.2. The molecule has 0 fully saturated rings. The van der Waals surface area contributed by atoms with E-state index >= 15 is 0 Å². The Morgan fingerprint density at radius 3 is 2.06 bits per heavy atom. The van der Waals surface area contributed by atoms with Crippen LogP contribution in [-0.2, 0) is 19.3 Å². The van der Waals surface area contributed by atoms with Gasteiger partial charge in [0.05, 0.1) is 20.9 Å². The molecule has 32 heavy (non-hydrogen) atoms. The molecule has 0 saturated carbocycles. The van der Waals surface area contributed by atoms with Gasteiger partial charge in [-0.1, -0.05) is 25.6 Å². The van der Waals surface area contributed by atoms with Gasteiger partial charge in [-0.15, -0.1) is 5.54 Å². The first kappa shape index (κ1) is 27.3. The zero-order valence-electron chi connectivity index (χ0n) is 18.7. The quantitative estimate of drug-likeness (QED) is 0.247. The van der Waals surface area contributed by atoms with Gasteiger partial charge in [0.2, 0.25) is 0 Å². The van der Waals surface area contributed by atoms with Gasteiger partial charge in [-0.25, -0.2) is 9.19 Å². The van der Waals surface area contributed by atoms with Gasteiger partial charge in [0.1, 0.15) is 13.9 Å². The topological polar surface area (TPSA) is 160 Å². The number of hydrogen-bond acceptors (Lipinski definition) is 6. The molecule has 4 N–H and O–H groups in total. The monoisotopic (exact) mass is 481 g/mol. The number of carbonyl (C=O) groups excluding carboxylic acids is 1. The number of carbonyl (C=O) groups is 3. The Hall–Kier alpha value is -2.71. The number of nitrogens with two attached hydrogens (primary N) is 1. The number of carboxylic acids is 2. The summed E-state index contributed by atoms with van der Waals surface area (Å²) in [4.78, 5) is 38.2. The van der Waals surface area contributed by atoms with Crippen LogP contribution in [0.3, 0.4) is 0 Å². The van der Waals surface area contributed by atoms with E-state index in [1.54, 1.807) is 0 Å². The summed E-state index contributed by atoms with van der Waals surface area (Å²) in [6.45, 7) is 6.20. The lowest BCUT2D eigenvalue weighted by Crippen LogP contribution is -2.16. The molecule has 0 bridgehead atoms. The van der Waals surface area contributed by atoms with Crippen molar-refractivity contribution < 1.29 is 28.8 Å². The van der Waals surface area contributed by atoms with E-state index in [0.717, 1.165) is 0 Å². The summed E-state index contributed by atoms with van der Waals surface area (Å²) in [6.07, 6.45) is 2.40. The van der Waals surface area contributed by atoms with Crippen LogP contribution in [0.15, 0.2) is 16.6 Å². The number of aromatic nitrogens is 1. The van der Waals surface area contributed by atoms with Crippen molar-refractivity contribution in [3.8, 4) is 11.5 Å². The highest BCUT2D eigenvalue weighted by Crippen LogP contribution is 2.15. The number of nitrogen functional groups attached to an aromatic ring is 1. The second-order valence-electron chi connectivity index (χ2n) is 8.44. The van der Waals surface area contributed by atoms with Crippen LogP contribution in [0.1, 0.15) is 54.4 Å². The average molecular weight is 482 g/mol. The lowest BCUT2D eigenvalue weighted by molar-refractivity contribution is -0.138. The van der Waals surface area contributed by atoms with Crippen LogP contribution in [-0.4, -0.2) is 56.8 Å². The van der Waals surface area contributed by atoms with Crippen molar-refractivity contribution in [1.82, 2.24) is 4.98 Å². The zero-order chi connectivity index (χ0) is 24.4. The molecule has 1 amide bonds. The third kappa shape index (κ3) is 11.1. The van der Waals surface area contributed by atoms with Crippen LogP contribution < -0.4 is 5.73 Å². The molecular formula is C21H31N3O6SSi. The maximum atomic E-state index is 13.3. The summed E-state index contributed by atoms with van der Waals surface area (Å²) in [5, 5.41) is 17.5. The van der Waals surface area contributed by atoms with Crippen LogP contribution in [0.4, 0.5) is 5.82 Å². The van der Waals surface area contributed by atoms with E-state index in [4.69, 9.17) is 15.9 Å². The summed E-state index contributed by atoms with van der Waals surface area (Å²) in [5.41, 5.74) is 9.54. The predicted octanol–water partition coefficient (Wildman–Crippen LogP) is 3.01. The van der Waals surface area contributed by atoms with Gasteiger partial charge >= 0.3 is 11.9 Å². The Bertz CT molecular complexity index is 1000. The van der Waals surface area contributed by atoms with E-state index in [1.807, 2.05) is 0 Å². The second-order valence-corrected chi connectivity index (χ2v) is 15.7. The molecular weight excluding hydrogens is 450 g/mol. The molecule has 1 rings (SSSR count). The van der Waals surface area contributed by atoms with E-state index in [0.29, 0.717) is 31.2 Å². The highest BCUT2D eigenvalue weighted by molar-refractivity contribution is 7.93. The molecule has 0 aliphatic carbocycles. The van der Waals surface area contributed by atoms with E-state index < -0.39 is 35.6 Å². The summed E-state index contributed by atoms with van der Waals surface area (Å²) >= 11 is 0. The fourth-order valence-electron chi connectivity index (χ4n) is 2.55.